The summed E-state index contributed by atoms with van der Waals surface area (Å²) >= 11 is 0. The van der Waals surface area contributed by atoms with E-state index in [1.54, 1.807) is 51.1 Å². The molecule has 0 radical (unpaired) electrons. The Morgan fingerprint density at radius 2 is 1.58 bits per heavy atom. The number of nitrogens with one attached hydrogen (secondary N) is 1. The van der Waals surface area contributed by atoms with Gasteiger partial charge in [-0.15, -0.1) is 0 Å². The van der Waals surface area contributed by atoms with Crippen LogP contribution in [-0.2, 0) is 38.6 Å². The fourth-order valence-electron chi connectivity index (χ4n) is 8.05. The minimum Gasteiger partial charge on any atom is -0.378 e. The normalized spacial score (nSPS) is 21.5. The van der Waals surface area contributed by atoms with Crippen molar-refractivity contribution in [3.8, 4) is 6.07 Å². The summed E-state index contributed by atoms with van der Waals surface area (Å²) in [4.78, 5) is 61.8. The molecule has 3 aromatic rings. The summed E-state index contributed by atoms with van der Waals surface area (Å²) in [7, 11) is 0. The molecular formula is C40H43N5O5. The fourth-order valence-corrected chi connectivity index (χ4v) is 8.05. The van der Waals surface area contributed by atoms with E-state index in [0.29, 0.717) is 62.4 Å². The number of rotatable bonds is 8. The summed E-state index contributed by atoms with van der Waals surface area (Å²) in [5, 5.41) is 12.5. The van der Waals surface area contributed by atoms with Gasteiger partial charge in [0.25, 0.3) is 5.91 Å². The zero-order valence-corrected chi connectivity index (χ0v) is 28.3. The van der Waals surface area contributed by atoms with Gasteiger partial charge < -0.3 is 24.8 Å². The predicted molar refractivity (Wildman–Crippen MR) is 185 cm³/mol. The van der Waals surface area contributed by atoms with Crippen molar-refractivity contribution in [3.05, 3.63) is 106 Å². The summed E-state index contributed by atoms with van der Waals surface area (Å²) in [6, 6.07) is 21.4. The van der Waals surface area contributed by atoms with Crippen LogP contribution in [-0.4, -0.2) is 76.7 Å². The Morgan fingerprint density at radius 3 is 2.28 bits per heavy atom. The van der Waals surface area contributed by atoms with E-state index in [2.05, 4.69) is 11.4 Å². The Bertz CT molecular complexity index is 1770. The lowest BCUT2D eigenvalue weighted by molar-refractivity contribution is -0.169. The summed E-state index contributed by atoms with van der Waals surface area (Å²) in [5.41, 5.74) is 4.44. The quantitative estimate of drug-likeness (QED) is 0.375. The van der Waals surface area contributed by atoms with Crippen LogP contribution in [0.1, 0.15) is 82.7 Å². The maximum absolute atomic E-state index is 14.8. The molecule has 1 saturated carbocycles. The van der Waals surface area contributed by atoms with E-state index >= 15 is 0 Å². The SMILES string of the molecule is N#Cc1ccc(C(C(=O)NCc2ccc(C(=O)N3CCOCC3)cc2)N2C(=O)C3Cc4ccccc4CN3C(=O)C2CC2CCCCC2)cc1. The van der Waals surface area contributed by atoms with Gasteiger partial charge in [0, 0.05) is 38.2 Å². The van der Waals surface area contributed by atoms with Crippen molar-refractivity contribution in [3.63, 3.8) is 0 Å². The molecule has 10 nitrogen and oxygen atoms in total. The van der Waals surface area contributed by atoms with Crippen LogP contribution in [0.15, 0.2) is 72.8 Å². The van der Waals surface area contributed by atoms with Gasteiger partial charge in [-0.2, -0.15) is 5.26 Å². The topological polar surface area (TPSA) is 123 Å². The molecule has 0 spiro atoms. The molecule has 10 heteroatoms. The lowest BCUT2D eigenvalue weighted by Crippen LogP contribution is -2.67. The molecule has 1 N–H and O–H groups in total. The van der Waals surface area contributed by atoms with E-state index in [9.17, 15) is 24.4 Å². The van der Waals surface area contributed by atoms with Gasteiger partial charge in [-0.1, -0.05) is 80.6 Å². The number of fused-ring (bicyclic) bond motifs is 2. The van der Waals surface area contributed by atoms with Crippen LogP contribution in [0.4, 0.5) is 0 Å². The summed E-state index contributed by atoms with van der Waals surface area (Å²) in [6.45, 7) is 2.70. The predicted octanol–water partition coefficient (Wildman–Crippen LogP) is 4.52. The highest BCUT2D eigenvalue weighted by atomic mass is 16.5. The molecule has 3 unspecified atom stereocenters. The highest BCUT2D eigenvalue weighted by molar-refractivity contribution is 6.00. The first kappa shape index (κ1) is 33.5. The van der Waals surface area contributed by atoms with Gasteiger partial charge in [-0.3, -0.25) is 19.2 Å². The number of nitriles is 1. The van der Waals surface area contributed by atoms with Crippen LogP contribution in [0.3, 0.4) is 0 Å². The summed E-state index contributed by atoms with van der Waals surface area (Å²) in [6.07, 6.45) is 6.25. The molecule has 7 rings (SSSR count). The Hall–Kier alpha value is -5.01. The Labute approximate surface area is 293 Å². The maximum atomic E-state index is 14.8. The smallest absolute Gasteiger partial charge is 0.254 e. The maximum Gasteiger partial charge on any atom is 0.254 e. The molecule has 50 heavy (non-hydrogen) atoms. The highest BCUT2D eigenvalue weighted by Crippen LogP contribution is 2.38. The van der Waals surface area contributed by atoms with Crippen molar-refractivity contribution in [1.82, 2.24) is 20.0 Å². The van der Waals surface area contributed by atoms with Gasteiger partial charge in [0.1, 0.15) is 18.1 Å². The first-order valence-electron chi connectivity index (χ1n) is 17.8. The third kappa shape index (κ3) is 6.88. The molecule has 1 aliphatic carbocycles. The van der Waals surface area contributed by atoms with Crippen LogP contribution >= 0.6 is 0 Å². The number of nitrogens with zero attached hydrogens (tertiary/aromatic N) is 4. The van der Waals surface area contributed by atoms with Gasteiger partial charge >= 0.3 is 0 Å². The van der Waals surface area contributed by atoms with E-state index < -0.39 is 24.0 Å². The molecule has 3 heterocycles. The van der Waals surface area contributed by atoms with Crippen LogP contribution in [0.5, 0.6) is 0 Å². The molecule has 0 aromatic heterocycles. The number of hydrogen-bond donors (Lipinski definition) is 1. The van der Waals surface area contributed by atoms with E-state index in [0.717, 1.165) is 42.4 Å². The second-order valence-corrected chi connectivity index (χ2v) is 13.9. The molecule has 4 aliphatic rings. The standard InChI is InChI=1S/C40H43N5O5/c41-24-28-10-14-30(15-11-28)36(37(46)42-25-29-12-16-31(17-13-29)38(47)43-18-20-50-21-19-43)45-35(22-27-6-2-1-3-7-27)39(48)44-26-33-9-5-4-8-32(33)23-34(44)40(45)49/h4-5,8-17,27,34-36H,1-3,6-7,18-23,25-26H2,(H,42,46). The largest absolute Gasteiger partial charge is 0.378 e. The van der Waals surface area contributed by atoms with Crippen molar-refractivity contribution in [2.75, 3.05) is 26.3 Å². The van der Waals surface area contributed by atoms with Crippen molar-refractivity contribution in [2.24, 2.45) is 5.92 Å². The second-order valence-electron chi connectivity index (χ2n) is 13.9. The van der Waals surface area contributed by atoms with E-state index in [-0.39, 0.29) is 30.2 Å². The van der Waals surface area contributed by atoms with Gasteiger partial charge in [0.15, 0.2) is 0 Å². The van der Waals surface area contributed by atoms with E-state index in [1.165, 1.54) is 6.42 Å². The molecule has 3 fully saturated rings. The Kier molecular flexibility index (Phi) is 9.95. The van der Waals surface area contributed by atoms with Crippen molar-refractivity contribution < 1.29 is 23.9 Å². The minimum absolute atomic E-state index is 0.0542. The van der Waals surface area contributed by atoms with E-state index in [1.807, 2.05) is 36.4 Å². The first-order valence-corrected chi connectivity index (χ1v) is 17.8. The lowest BCUT2D eigenvalue weighted by Gasteiger charge is -2.50. The molecule has 2 saturated heterocycles. The zero-order chi connectivity index (χ0) is 34.6. The average molecular weight is 674 g/mol. The van der Waals surface area contributed by atoms with Gasteiger partial charge in [0.05, 0.1) is 24.8 Å². The summed E-state index contributed by atoms with van der Waals surface area (Å²) in [5.74, 6) is -0.508. The third-order valence-corrected chi connectivity index (χ3v) is 10.8. The van der Waals surface area contributed by atoms with E-state index in [4.69, 9.17) is 4.74 Å². The number of carbonyl (C=O) groups is 4. The molecule has 0 bridgehead atoms. The fraction of sp³-hybridized carbons (Fsp3) is 0.425. The van der Waals surface area contributed by atoms with Crippen molar-refractivity contribution in [2.45, 2.75) is 76.2 Å². The van der Waals surface area contributed by atoms with Crippen LogP contribution in [0.2, 0.25) is 0 Å². The lowest BCUT2D eigenvalue weighted by atomic mass is 9.81. The number of amides is 4. The van der Waals surface area contributed by atoms with Gasteiger partial charge in [-0.05, 0) is 58.9 Å². The number of ether oxygens (including phenoxy) is 1. The third-order valence-electron chi connectivity index (χ3n) is 10.8. The number of piperazine rings is 1. The monoisotopic (exact) mass is 673 g/mol. The Morgan fingerprint density at radius 1 is 0.880 bits per heavy atom. The molecule has 4 amide bonds. The van der Waals surface area contributed by atoms with Gasteiger partial charge in [0.2, 0.25) is 17.7 Å². The van der Waals surface area contributed by atoms with Crippen LogP contribution < -0.4 is 5.32 Å². The molecule has 3 atom stereocenters. The highest BCUT2D eigenvalue weighted by Gasteiger charge is 2.51. The minimum atomic E-state index is -1.07. The Balaban J connectivity index is 1.18. The van der Waals surface area contributed by atoms with Crippen molar-refractivity contribution in [1.29, 1.82) is 5.26 Å². The molecule has 3 aliphatic heterocycles. The van der Waals surface area contributed by atoms with Gasteiger partial charge in [-0.25, -0.2) is 0 Å². The molecule has 3 aromatic carbocycles. The van der Waals surface area contributed by atoms with Crippen LogP contribution in [0.25, 0.3) is 0 Å². The summed E-state index contributed by atoms with van der Waals surface area (Å²) < 4.78 is 5.37. The average Bonchev–Trinajstić information content (AvgIpc) is 3.17. The second kappa shape index (κ2) is 14.9. The number of carbonyl (C=O) groups excluding carboxylic acids is 4. The van der Waals surface area contributed by atoms with Crippen molar-refractivity contribution >= 4 is 23.6 Å². The molecular weight excluding hydrogens is 630 g/mol. The van der Waals surface area contributed by atoms with Crippen LogP contribution in [0, 0.1) is 17.2 Å². The first-order chi connectivity index (χ1) is 24.4. The zero-order valence-electron chi connectivity index (χ0n) is 28.3. The molecule has 258 valence electrons. The number of benzene rings is 3. The number of hydrogen-bond acceptors (Lipinski definition) is 6. The number of morpholine rings is 1.